The second kappa shape index (κ2) is 10.6. The number of methoxy groups -OCH3 is 2. The first-order valence-corrected chi connectivity index (χ1v) is 12.0. The van der Waals surface area contributed by atoms with Crippen LogP contribution < -0.4 is 20.1 Å². The lowest BCUT2D eigenvalue weighted by Crippen LogP contribution is -2.61. The van der Waals surface area contributed by atoms with Crippen LogP contribution in [0.25, 0.3) is 0 Å². The molecule has 2 aliphatic heterocycles. The molecule has 0 saturated carbocycles. The quantitative estimate of drug-likeness (QED) is 0.623. The molecule has 1 unspecified atom stereocenters. The van der Waals surface area contributed by atoms with E-state index in [1.54, 1.807) is 14.2 Å². The Morgan fingerprint density at radius 2 is 1.82 bits per heavy atom. The Hall–Kier alpha value is -2.48. The summed E-state index contributed by atoms with van der Waals surface area (Å²) in [5.41, 5.74) is 0.693. The lowest BCUT2D eigenvalue weighted by Gasteiger charge is -2.44. The van der Waals surface area contributed by atoms with E-state index >= 15 is 0 Å². The van der Waals surface area contributed by atoms with Gasteiger partial charge in [-0.05, 0) is 50.3 Å². The van der Waals surface area contributed by atoms with Crippen LogP contribution in [0, 0.1) is 5.92 Å². The van der Waals surface area contributed by atoms with Crippen molar-refractivity contribution in [3.63, 3.8) is 0 Å². The van der Waals surface area contributed by atoms with Gasteiger partial charge in [-0.3, -0.25) is 10.1 Å². The number of amides is 3. The van der Waals surface area contributed by atoms with Gasteiger partial charge in [0.2, 0.25) is 5.91 Å². The molecule has 0 bridgehead atoms. The van der Waals surface area contributed by atoms with Gasteiger partial charge in [0.15, 0.2) is 11.5 Å². The molecule has 2 aliphatic rings. The number of nitrogens with one attached hydrogen (secondary N) is 2. The Morgan fingerprint density at radius 1 is 1.15 bits per heavy atom. The van der Waals surface area contributed by atoms with Crippen LogP contribution in [0.15, 0.2) is 18.2 Å². The minimum atomic E-state index is -0.401. The third-order valence-corrected chi connectivity index (χ3v) is 6.59. The first-order chi connectivity index (χ1) is 15.7. The van der Waals surface area contributed by atoms with Crippen molar-refractivity contribution < 1.29 is 19.1 Å². The minimum absolute atomic E-state index is 0.0280. The summed E-state index contributed by atoms with van der Waals surface area (Å²) in [6, 6.07) is 5.80. The van der Waals surface area contributed by atoms with Crippen molar-refractivity contribution in [3.05, 3.63) is 23.8 Å². The molecule has 0 aliphatic carbocycles. The van der Waals surface area contributed by atoms with Crippen molar-refractivity contribution in [2.45, 2.75) is 71.1 Å². The molecule has 8 heteroatoms. The van der Waals surface area contributed by atoms with Crippen molar-refractivity contribution in [2.24, 2.45) is 5.92 Å². The number of carbonyl (C=O) groups excluding carboxylic acids is 2. The van der Waals surface area contributed by atoms with Crippen molar-refractivity contribution in [2.75, 3.05) is 33.9 Å². The third kappa shape index (κ3) is 5.72. The zero-order valence-electron chi connectivity index (χ0n) is 20.9. The van der Waals surface area contributed by atoms with Crippen LogP contribution in [0.1, 0.15) is 52.5 Å². The average molecular weight is 461 g/mol. The number of nitrogens with zero attached hydrogens (tertiary/aromatic N) is 2. The summed E-state index contributed by atoms with van der Waals surface area (Å²) in [6.07, 6.45) is 2.99. The maximum atomic E-state index is 13.4. The van der Waals surface area contributed by atoms with Gasteiger partial charge in [-0.15, -0.1) is 0 Å². The van der Waals surface area contributed by atoms with Gasteiger partial charge in [0.05, 0.1) is 25.9 Å². The van der Waals surface area contributed by atoms with Gasteiger partial charge in [0.25, 0.3) is 0 Å². The smallest absolute Gasteiger partial charge is 0.317 e. The van der Waals surface area contributed by atoms with Crippen LogP contribution in [0.2, 0.25) is 0 Å². The molecule has 2 saturated heterocycles. The maximum absolute atomic E-state index is 13.4. The maximum Gasteiger partial charge on any atom is 0.317 e. The fourth-order valence-corrected chi connectivity index (χ4v) is 4.93. The second-order valence-electron chi connectivity index (χ2n) is 9.88. The normalized spacial score (nSPS) is 20.1. The van der Waals surface area contributed by atoms with Crippen LogP contribution in [-0.4, -0.2) is 73.3 Å². The van der Waals surface area contributed by atoms with Crippen molar-refractivity contribution in [1.82, 2.24) is 20.4 Å². The van der Waals surface area contributed by atoms with E-state index in [0.29, 0.717) is 37.1 Å². The minimum Gasteiger partial charge on any atom is -0.493 e. The number of piperidine rings is 1. The molecule has 2 fully saturated rings. The Labute approximate surface area is 198 Å². The van der Waals surface area contributed by atoms with Crippen molar-refractivity contribution in [3.8, 4) is 11.5 Å². The molecule has 3 rings (SSSR count). The highest BCUT2D eigenvalue weighted by molar-refractivity contribution is 5.85. The molecule has 1 spiro atoms. The topological polar surface area (TPSA) is 83.1 Å². The predicted octanol–water partition coefficient (Wildman–Crippen LogP) is 3.00. The largest absolute Gasteiger partial charge is 0.493 e. The fraction of sp³-hybridized carbons (Fsp3) is 0.680. The van der Waals surface area contributed by atoms with Gasteiger partial charge in [-0.25, -0.2) is 4.79 Å². The number of benzene rings is 1. The highest BCUT2D eigenvalue weighted by atomic mass is 16.5. The number of rotatable bonds is 8. The molecule has 184 valence electrons. The Balaban J connectivity index is 1.74. The fourth-order valence-electron chi connectivity index (χ4n) is 4.93. The Bertz CT molecular complexity index is 834. The zero-order chi connectivity index (χ0) is 24.2. The van der Waals surface area contributed by atoms with Gasteiger partial charge >= 0.3 is 6.03 Å². The number of hydrogen-bond acceptors (Lipinski definition) is 5. The molecule has 2 heterocycles. The van der Waals surface area contributed by atoms with Gasteiger partial charge in [-0.2, -0.15) is 0 Å². The van der Waals surface area contributed by atoms with E-state index in [1.807, 2.05) is 41.8 Å². The van der Waals surface area contributed by atoms with Crippen LogP contribution in [-0.2, 0) is 11.2 Å². The number of hydrogen-bond donors (Lipinski definition) is 2. The van der Waals surface area contributed by atoms with Crippen molar-refractivity contribution >= 4 is 11.9 Å². The van der Waals surface area contributed by atoms with Crippen LogP contribution in [0.3, 0.4) is 0 Å². The first-order valence-electron chi connectivity index (χ1n) is 12.0. The van der Waals surface area contributed by atoms with Gasteiger partial charge in [-0.1, -0.05) is 19.9 Å². The van der Waals surface area contributed by atoms with Gasteiger partial charge < -0.3 is 24.6 Å². The van der Waals surface area contributed by atoms with E-state index in [-0.39, 0.29) is 24.0 Å². The molecule has 0 aromatic heterocycles. The lowest BCUT2D eigenvalue weighted by molar-refractivity contribution is -0.133. The van der Waals surface area contributed by atoms with Gasteiger partial charge in [0, 0.05) is 38.5 Å². The number of ether oxygens (including phenoxy) is 2. The number of likely N-dealkylation sites (tertiary alicyclic amines) is 1. The summed E-state index contributed by atoms with van der Waals surface area (Å²) in [7, 11) is 3.25. The number of urea groups is 1. The average Bonchev–Trinajstić information content (AvgIpc) is 3.01. The summed E-state index contributed by atoms with van der Waals surface area (Å²) in [5.74, 6) is 1.98. The second-order valence-corrected chi connectivity index (χ2v) is 9.88. The highest BCUT2D eigenvalue weighted by Crippen LogP contribution is 2.35. The third-order valence-electron chi connectivity index (χ3n) is 6.59. The molecular formula is C25H40N4O4. The lowest BCUT2D eigenvalue weighted by atomic mass is 9.95. The van der Waals surface area contributed by atoms with E-state index in [1.165, 1.54) is 0 Å². The summed E-state index contributed by atoms with van der Waals surface area (Å²) < 4.78 is 10.8. The predicted molar refractivity (Wildman–Crippen MR) is 129 cm³/mol. The van der Waals surface area contributed by atoms with Crippen LogP contribution in [0.4, 0.5) is 4.79 Å². The van der Waals surface area contributed by atoms with E-state index in [0.717, 1.165) is 31.2 Å². The molecule has 1 aromatic carbocycles. The summed E-state index contributed by atoms with van der Waals surface area (Å²) in [5, 5.41) is 6.67. The molecular weight excluding hydrogens is 420 g/mol. The molecule has 0 radical (unpaired) electrons. The Morgan fingerprint density at radius 3 is 2.39 bits per heavy atom. The molecule has 3 amide bonds. The van der Waals surface area contributed by atoms with E-state index in [2.05, 4.69) is 24.5 Å². The summed E-state index contributed by atoms with van der Waals surface area (Å²) in [4.78, 5) is 29.8. The zero-order valence-corrected chi connectivity index (χ0v) is 20.9. The van der Waals surface area contributed by atoms with Crippen LogP contribution in [0.5, 0.6) is 11.5 Å². The Kier molecular flexibility index (Phi) is 8.10. The first kappa shape index (κ1) is 25.1. The van der Waals surface area contributed by atoms with E-state index < -0.39 is 5.66 Å². The molecule has 33 heavy (non-hydrogen) atoms. The SMILES string of the molecule is COc1ccc(CCN2C(=O)C(CC(C)C)NC23CCN(C(=O)NC(C)C)CC3)cc1OC. The molecule has 2 N–H and O–H groups in total. The van der Waals surface area contributed by atoms with E-state index in [9.17, 15) is 9.59 Å². The number of carbonyl (C=O) groups is 2. The standard InChI is InChI=1S/C25H40N4O4/c1-17(2)15-20-23(30)29(12-9-19-7-8-21(32-5)22(16-19)33-6)25(27-20)10-13-28(14-11-25)24(31)26-18(3)4/h7-8,16-18,20,27H,9-15H2,1-6H3,(H,26,31). The van der Waals surface area contributed by atoms with E-state index in [4.69, 9.17) is 9.47 Å². The van der Waals surface area contributed by atoms with Crippen molar-refractivity contribution in [1.29, 1.82) is 0 Å². The monoisotopic (exact) mass is 460 g/mol. The summed E-state index contributed by atoms with van der Waals surface area (Å²) in [6.45, 7) is 10.1. The molecule has 8 nitrogen and oxygen atoms in total. The molecule has 1 atom stereocenters. The highest BCUT2D eigenvalue weighted by Gasteiger charge is 2.51. The molecule has 1 aromatic rings. The summed E-state index contributed by atoms with van der Waals surface area (Å²) >= 11 is 0. The van der Waals surface area contributed by atoms with Gasteiger partial charge in [0.1, 0.15) is 0 Å². The van der Waals surface area contributed by atoms with Crippen LogP contribution >= 0.6 is 0 Å².